The van der Waals surface area contributed by atoms with E-state index in [0.717, 1.165) is 41.2 Å². The highest BCUT2D eigenvalue weighted by atomic mass is 16.5. The van der Waals surface area contributed by atoms with E-state index in [2.05, 4.69) is 43.3 Å². The highest BCUT2D eigenvalue weighted by Gasteiger charge is 2.35. The first-order chi connectivity index (χ1) is 11.7. The summed E-state index contributed by atoms with van der Waals surface area (Å²) in [6, 6.07) is 16.3. The summed E-state index contributed by atoms with van der Waals surface area (Å²) >= 11 is 0. The quantitative estimate of drug-likeness (QED) is 0.845. The van der Waals surface area contributed by atoms with Gasteiger partial charge in [-0.1, -0.05) is 42.5 Å². The number of hydrogen-bond acceptors (Lipinski definition) is 3. The zero-order valence-corrected chi connectivity index (χ0v) is 14.0. The average Bonchev–Trinajstić information content (AvgIpc) is 2.88. The van der Waals surface area contributed by atoms with Gasteiger partial charge in [0.15, 0.2) is 6.10 Å². The summed E-state index contributed by atoms with van der Waals surface area (Å²) in [5, 5.41) is 0. The number of ether oxygens (including phenoxy) is 2. The molecule has 122 valence electrons. The van der Waals surface area contributed by atoms with Gasteiger partial charge in [0, 0.05) is 28.8 Å². The Balaban J connectivity index is 1.79. The molecule has 0 aromatic heterocycles. The van der Waals surface area contributed by atoms with E-state index in [4.69, 9.17) is 9.47 Å². The molecule has 2 aromatic rings. The third-order valence-electron chi connectivity index (χ3n) is 4.46. The predicted octanol–water partition coefficient (Wildman–Crippen LogP) is 4.22. The number of nitrogens with zero attached hydrogens (tertiary/aromatic N) is 1. The van der Waals surface area contributed by atoms with Crippen molar-refractivity contribution >= 4 is 11.1 Å². The molecular weight excluding hydrogens is 298 g/mol. The Morgan fingerprint density at radius 1 is 0.958 bits per heavy atom. The minimum Gasteiger partial charge on any atom is -0.480 e. The molecule has 1 unspecified atom stereocenters. The summed E-state index contributed by atoms with van der Waals surface area (Å²) < 4.78 is 12.3. The number of fused-ring (bicyclic) bond motifs is 4. The third-order valence-corrected chi connectivity index (χ3v) is 4.46. The smallest absolute Gasteiger partial charge is 0.153 e. The van der Waals surface area contributed by atoms with Crippen LogP contribution in [0.15, 0.2) is 60.9 Å². The lowest BCUT2D eigenvalue weighted by Gasteiger charge is -2.17. The normalized spacial score (nSPS) is 19.7. The lowest BCUT2D eigenvalue weighted by atomic mass is 9.93. The van der Waals surface area contributed by atoms with Crippen molar-refractivity contribution in [2.24, 2.45) is 0 Å². The summed E-state index contributed by atoms with van der Waals surface area (Å²) in [6.45, 7) is 1.01. The second-order valence-electron chi connectivity index (χ2n) is 6.43. The fourth-order valence-electron chi connectivity index (χ4n) is 3.27. The van der Waals surface area contributed by atoms with Gasteiger partial charge >= 0.3 is 0 Å². The van der Waals surface area contributed by atoms with Crippen LogP contribution < -0.4 is 9.47 Å². The Kier molecular flexibility index (Phi) is 3.87. The molecule has 2 aliphatic heterocycles. The molecule has 3 nitrogen and oxygen atoms in total. The molecule has 1 atom stereocenters. The molecule has 2 aliphatic rings. The van der Waals surface area contributed by atoms with Gasteiger partial charge in [-0.05, 0) is 32.6 Å². The van der Waals surface area contributed by atoms with Crippen molar-refractivity contribution in [1.82, 2.24) is 4.90 Å². The van der Waals surface area contributed by atoms with Crippen LogP contribution in [0.5, 0.6) is 11.5 Å². The maximum atomic E-state index is 6.29. The van der Waals surface area contributed by atoms with Crippen LogP contribution in [0.2, 0.25) is 0 Å². The van der Waals surface area contributed by atoms with Gasteiger partial charge in [0.1, 0.15) is 11.5 Å². The summed E-state index contributed by atoms with van der Waals surface area (Å²) in [4.78, 5) is 2.19. The van der Waals surface area contributed by atoms with Gasteiger partial charge in [0.05, 0.1) is 6.26 Å². The minimum absolute atomic E-state index is 0.104. The largest absolute Gasteiger partial charge is 0.480 e. The summed E-state index contributed by atoms with van der Waals surface area (Å²) in [5.74, 6) is 1.81. The highest BCUT2D eigenvalue weighted by Crippen LogP contribution is 2.46. The highest BCUT2D eigenvalue weighted by molar-refractivity contribution is 5.91. The fraction of sp³-hybridized carbons (Fsp3) is 0.238. The molecule has 0 saturated heterocycles. The van der Waals surface area contributed by atoms with E-state index in [9.17, 15) is 0 Å². The maximum Gasteiger partial charge on any atom is 0.153 e. The molecule has 3 heteroatoms. The van der Waals surface area contributed by atoms with Crippen LogP contribution in [0.4, 0.5) is 0 Å². The Hall–Kier alpha value is -2.52. The molecule has 2 heterocycles. The number of hydrogen-bond donors (Lipinski definition) is 0. The second kappa shape index (κ2) is 6.17. The van der Waals surface area contributed by atoms with Crippen molar-refractivity contribution in [1.29, 1.82) is 0 Å². The average molecular weight is 319 g/mol. The van der Waals surface area contributed by atoms with Crippen molar-refractivity contribution in [3.63, 3.8) is 0 Å². The molecular formula is C21H21NO2. The molecule has 0 aliphatic carbocycles. The van der Waals surface area contributed by atoms with E-state index < -0.39 is 0 Å². The van der Waals surface area contributed by atoms with E-state index in [1.54, 1.807) is 0 Å². The van der Waals surface area contributed by atoms with Crippen molar-refractivity contribution < 1.29 is 9.47 Å². The van der Waals surface area contributed by atoms with Crippen LogP contribution >= 0.6 is 0 Å². The van der Waals surface area contributed by atoms with Crippen LogP contribution in [0, 0.1) is 0 Å². The van der Waals surface area contributed by atoms with Gasteiger partial charge in [-0.15, -0.1) is 0 Å². The zero-order chi connectivity index (χ0) is 16.5. The topological polar surface area (TPSA) is 21.7 Å². The van der Waals surface area contributed by atoms with Crippen LogP contribution in [0.25, 0.3) is 11.1 Å². The molecule has 24 heavy (non-hydrogen) atoms. The molecule has 4 rings (SSSR count). The number of rotatable bonds is 3. The van der Waals surface area contributed by atoms with E-state index >= 15 is 0 Å². The number of para-hydroxylation sites is 2. The lowest BCUT2D eigenvalue weighted by Crippen LogP contribution is -2.16. The van der Waals surface area contributed by atoms with Crippen LogP contribution in [-0.4, -0.2) is 31.6 Å². The van der Waals surface area contributed by atoms with E-state index in [1.165, 1.54) is 5.57 Å². The SMILES string of the molecule is CN(C)CCC=C1c2ccccc2OC=C2c3ccccc3OC12. The Bertz CT molecular complexity index is 820. The minimum atomic E-state index is -0.104. The standard InChI is InChI=1S/C21H21NO2/c1-22(2)13-7-10-17-15-8-3-5-11-19(15)23-14-18-16-9-4-6-12-20(16)24-21(17)18/h3-6,8-12,14,21H,7,13H2,1-2H3. The molecule has 0 spiro atoms. The molecule has 0 bridgehead atoms. The van der Waals surface area contributed by atoms with Crippen molar-refractivity contribution in [3.05, 3.63) is 72.0 Å². The van der Waals surface area contributed by atoms with Crippen molar-refractivity contribution in [2.45, 2.75) is 12.5 Å². The van der Waals surface area contributed by atoms with Gasteiger partial charge in [-0.3, -0.25) is 0 Å². The van der Waals surface area contributed by atoms with Crippen LogP contribution in [0.1, 0.15) is 17.5 Å². The van der Waals surface area contributed by atoms with Gasteiger partial charge in [0.25, 0.3) is 0 Å². The zero-order valence-electron chi connectivity index (χ0n) is 14.0. The van der Waals surface area contributed by atoms with Gasteiger partial charge in [-0.2, -0.15) is 0 Å². The first-order valence-electron chi connectivity index (χ1n) is 8.31. The number of benzene rings is 2. The molecule has 0 N–H and O–H groups in total. The maximum absolute atomic E-state index is 6.29. The molecule has 2 aromatic carbocycles. The third kappa shape index (κ3) is 2.61. The molecule has 0 amide bonds. The molecule has 0 saturated carbocycles. The van der Waals surface area contributed by atoms with Gasteiger partial charge in [-0.25, -0.2) is 0 Å². The van der Waals surface area contributed by atoms with Crippen LogP contribution in [0.3, 0.4) is 0 Å². The van der Waals surface area contributed by atoms with Crippen molar-refractivity contribution in [2.75, 3.05) is 20.6 Å². The Morgan fingerprint density at radius 2 is 1.67 bits per heavy atom. The first kappa shape index (κ1) is 15.0. The Morgan fingerprint density at radius 3 is 2.46 bits per heavy atom. The first-order valence-corrected chi connectivity index (χ1v) is 8.31. The van der Waals surface area contributed by atoms with Gasteiger partial charge < -0.3 is 14.4 Å². The predicted molar refractivity (Wildman–Crippen MR) is 97.1 cm³/mol. The van der Waals surface area contributed by atoms with Crippen LogP contribution in [-0.2, 0) is 0 Å². The Labute approximate surface area is 142 Å². The van der Waals surface area contributed by atoms with E-state index in [-0.39, 0.29) is 6.10 Å². The molecule has 0 radical (unpaired) electrons. The summed E-state index contributed by atoms with van der Waals surface area (Å²) in [6.07, 6.45) is 5.01. The molecule has 0 fully saturated rings. The summed E-state index contributed by atoms with van der Waals surface area (Å²) in [5.41, 5.74) is 4.51. The van der Waals surface area contributed by atoms with Gasteiger partial charge in [0.2, 0.25) is 0 Å². The fourth-order valence-corrected chi connectivity index (χ4v) is 3.27. The van der Waals surface area contributed by atoms with Crippen molar-refractivity contribution in [3.8, 4) is 11.5 Å². The second-order valence-corrected chi connectivity index (χ2v) is 6.43. The van der Waals surface area contributed by atoms with E-state index in [1.807, 2.05) is 36.6 Å². The monoisotopic (exact) mass is 319 g/mol. The van der Waals surface area contributed by atoms with E-state index in [0.29, 0.717) is 0 Å². The lowest BCUT2D eigenvalue weighted by molar-refractivity contribution is 0.330. The summed E-state index contributed by atoms with van der Waals surface area (Å²) in [7, 11) is 4.19.